The van der Waals surface area contributed by atoms with Gasteiger partial charge in [0.1, 0.15) is 5.92 Å². The second kappa shape index (κ2) is 6.32. The molecule has 0 saturated carbocycles. The Morgan fingerprint density at radius 2 is 2.00 bits per heavy atom. The highest BCUT2D eigenvalue weighted by Gasteiger charge is 2.66. The summed E-state index contributed by atoms with van der Waals surface area (Å²) < 4.78 is 45.0. The first-order valence-corrected chi connectivity index (χ1v) is 7.21. The number of hydrogen-bond donors (Lipinski definition) is 3. The maximum absolute atomic E-state index is 13.4. The maximum atomic E-state index is 13.4. The lowest BCUT2D eigenvalue weighted by Crippen LogP contribution is -2.73. The first-order valence-electron chi connectivity index (χ1n) is 6.80. The largest absolute Gasteiger partial charge is 0.466 e. The fraction of sp³-hybridized carbons (Fsp3) is 0.429. The van der Waals surface area contributed by atoms with Crippen LogP contribution in [0.2, 0.25) is 0 Å². The predicted octanol–water partition coefficient (Wildman–Crippen LogP) is 1.64. The minimum Gasteiger partial charge on any atom is -0.466 e. The molecule has 1 fully saturated rings. The fourth-order valence-electron chi connectivity index (χ4n) is 2.47. The number of nitrogens with one attached hydrogen (secondary N) is 2. The van der Waals surface area contributed by atoms with Gasteiger partial charge in [-0.3, -0.25) is 4.79 Å². The molecule has 5 nitrogen and oxygen atoms in total. The molecule has 126 valence electrons. The Kier molecular flexibility index (Phi) is 4.81. The zero-order valence-electron chi connectivity index (χ0n) is 12.1. The Hall–Kier alpha value is -1.87. The van der Waals surface area contributed by atoms with Gasteiger partial charge in [-0.25, -0.2) is 0 Å². The molecule has 1 heterocycles. The molecule has 1 aromatic carbocycles. The molecular weight excluding hydrogens is 333 g/mol. The highest BCUT2D eigenvalue weighted by atomic mass is 32.1. The second-order valence-corrected chi connectivity index (χ2v) is 5.39. The molecule has 0 unspecified atom stereocenters. The zero-order valence-corrected chi connectivity index (χ0v) is 12.9. The van der Waals surface area contributed by atoms with Gasteiger partial charge in [-0.2, -0.15) is 13.2 Å². The number of esters is 1. The number of rotatable bonds is 3. The van der Waals surface area contributed by atoms with Crippen molar-refractivity contribution < 1.29 is 27.8 Å². The van der Waals surface area contributed by atoms with Gasteiger partial charge in [0.05, 0.1) is 12.6 Å². The average Bonchev–Trinajstić information content (AvgIpc) is 2.46. The molecule has 9 heteroatoms. The minimum absolute atomic E-state index is 0.116. The third kappa shape index (κ3) is 3.25. The Bertz CT molecular complexity index is 597. The number of thiocarbonyl (C=S) groups is 1. The molecule has 1 aliphatic heterocycles. The number of carbonyl (C=O) groups is 1. The molecular formula is C14H15F3N2O3S. The lowest BCUT2D eigenvalue weighted by molar-refractivity contribution is -0.292. The van der Waals surface area contributed by atoms with Crippen LogP contribution in [0.1, 0.15) is 18.5 Å². The monoisotopic (exact) mass is 348 g/mol. The van der Waals surface area contributed by atoms with Gasteiger partial charge in [0.25, 0.3) is 5.72 Å². The van der Waals surface area contributed by atoms with Gasteiger partial charge >= 0.3 is 12.1 Å². The van der Waals surface area contributed by atoms with Gasteiger partial charge in [-0.1, -0.05) is 30.3 Å². The van der Waals surface area contributed by atoms with E-state index < -0.39 is 34.9 Å². The zero-order chi connectivity index (χ0) is 17.3. The third-order valence-electron chi connectivity index (χ3n) is 3.51. The molecule has 0 amide bonds. The van der Waals surface area contributed by atoms with E-state index in [1.165, 1.54) is 19.1 Å². The van der Waals surface area contributed by atoms with Gasteiger partial charge in [-0.05, 0) is 24.7 Å². The molecule has 0 aliphatic carbocycles. The summed E-state index contributed by atoms with van der Waals surface area (Å²) in [5, 5.41) is 14.2. The minimum atomic E-state index is -5.14. The van der Waals surface area contributed by atoms with E-state index in [1.54, 1.807) is 23.5 Å². The number of halogens is 3. The number of benzene rings is 1. The van der Waals surface area contributed by atoms with E-state index in [2.05, 4.69) is 5.32 Å². The summed E-state index contributed by atoms with van der Waals surface area (Å²) in [6, 6.07) is 6.78. The van der Waals surface area contributed by atoms with Crippen LogP contribution in [0.5, 0.6) is 0 Å². The van der Waals surface area contributed by atoms with Crippen molar-refractivity contribution in [2.45, 2.75) is 24.9 Å². The topological polar surface area (TPSA) is 70.6 Å². The van der Waals surface area contributed by atoms with Crippen molar-refractivity contribution in [1.29, 1.82) is 0 Å². The first-order chi connectivity index (χ1) is 10.7. The normalized spacial score (nSPS) is 27.8. The molecule has 0 spiro atoms. The standard InChI is InChI=1S/C14H15F3N2O3S/c1-2-22-11(20)9-10(8-6-4-3-5-7-8)18-12(23)19-13(9,21)14(15,16)17/h3-7,9-10,21H,2H2,1H3,(H2,18,19,23)/t9-,10+,13-/m0/s1. The number of hydrogen-bond acceptors (Lipinski definition) is 4. The molecule has 1 aromatic rings. The van der Waals surface area contributed by atoms with Crippen LogP contribution in [-0.2, 0) is 9.53 Å². The number of ether oxygens (including phenoxy) is 1. The number of carbonyl (C=O) groups excluding carboxylic acids is 1. The Labute approximate surface area is 135 Å². The molecule has 0 radical (unpaired) electrons. The van der Waals surface area contributed by atoms with E-state index in [1.807, 2.05) is 0 Å². The summed E-state index contributed by atoms with van der Waals surface area (Å²) in [5.41, 5.74) is -3.15. The summed E-state index contributed by atoms with van der Waals surface area (Å²) in [7, 11) is 0. The van der Waals surface area contributed by atoms with E-state index in [4.69, 9.17) is 17.0 Å². The maximum Gasteiger partial charge on any atom is 0.437 e. The summed E-state index contributed by atoms with van der Waals surface area (Å²) in [5.74, 6) is -3.14. The van der Waals surface area contributed by atoms with Crippen LogP contribution in [0.15, 0.2) is 30.3 Å². The fourth-order valence-corrected chi connectivity index (χ4v) is 2.76. The second-order valence-electron chi connectivity index (χ2n) is 4.98. The van der Waals surface area contributed by atoms with Gasteiger partial charge in [0.15, 0.2) is 5.11 Å². The van der Waals surface area contributed by atoms with Crippen LogP contribution in [0.25, 0.3) is 0 Å². The van der Waals surface area contributed by atoms with Crippen molar-refractivity contribution in [2.75, 3.05) is 6.61 Å². The van der Waals surface area contributed by atoms with Crippen LogP contribution < -0.4 is 10.6 Å². The molecule has 1 aliphatic rings. The molecule has 3 N–H and O–H groups in total. The van der Waals surface area contributed by atoms with E-state index in [0.29, 0.717) is 5.56 Å². The predicted molar refractivity (Wildman–Crippen MR) is 79.2 cm³/mol. The molecule has 23 heavy (non-hydrogen) atoms. The van der Waals surface area contributed by atoms with Crippen molar-refractivity contribution in [1.82, 2.24) is 10.6 Å². The first kappa shape index (κ1) is 17.5. The van der Waals surface area contributed by atoms with E-state index in [-0.39, 0.29) is 6.61 Å². The Morgan fingerprint density at radius 3 is 2.52 bits per heavy atom. The SMILES string of the molecule is CCOC(=O)[C@@H]1[C@@H](c2ccccc2)NC(=S)N[C@@]1(O)C(F)(F)F. The quantitative estimate of drug-likeness (QED) is 0.570. The third-order valence-corrected chi connectivity index (χ3v) is 3.73. The molecule has 1 saturated heterocycles. The van der Waals surface area contributed by atoms with Gasteiger partial charge in [0.2, 0.25) is 0 Å². The van der Waals surface area contributed by atoms with Crippen LogP contribution in [0.3, 0.4) is 0 Å². The highest BCUT2D eigenvalue weighted by Crippen LogP contribution is 2.42. The summed E-state index contributed by atoms with van der Waals surface area (Å²) >= 11 is 4.77. The molecule has 0 aromatic heterocycles. The average molecular weight is 348 g/mol. The number of aliphatic hydroxyl groups is 1. The number of alkyl halides is 3. The van der Waals surface area contributed by atoms with Crippen molar-refractivity contribution in [3.05, 3.63) is 35.9 Å². The van der Waals surface area contributed by atoms with Crippen molar-refractivity contribution in [3.8, 4) is 0 Å². The smallest absolute Gasteiger partial charge is 0.437 e. The van der Waals surface area contributed by atoms with Crippen molar-refractivity contribution in [3.63, 3.8) is 0 Å². The van der Waals surface area contributed by atoms with E-state index in [0.717, 1.165) is 0 Å². The van der Waals surface area contributed by atoms with E-state index >= 15 is 0 Å². The van der Waals surface area contributed by atoms with Crippen molar-refractivity contribution >= 4 is 23.3 Å². The van der Waals surface area contributed by atoms with Gasteiger partial charge in [0, 0.05) is 0 Å². The Morgan fingerprint density at radius 1 is 1.39 bits per heavy atom. The van der Waals surface area contributed by atoms with Crippen LogP contribution >= 0.6 is 12.2 Å². The highest BCUT2D eigenvalue weighted by molar-refractivity contribution is 7.80. The molecule has 0 bridgehead atoms. The lowest BCUT2D eigenvalue weighted by atomic mass is 9.82. The van der Waals surface area contributed by atoms with Crippen molar-refractivity contribution in [2.24, 2.45) is 5.92 Å². The van der Waals surface area contributed by atoms with Crippen LogP contribution in [0, 0.1) is 5.92 Å². The molecule has 3 atom stereocenters. The van der Waals surface area contributed by atoms with Crippen LogP contribution in [-0.4, -0.2) is 34.7 Å². The lowest BCUT2D eigenvalue weighted by Gasteiger charge is -2.45. The van der Waals surface area contributed by atoms with E-state index in [9.17, 15) is 23.1 Å². The van der Waals surface area contributed by atoms with Gasteiger partial charge < -0.3 is 20.5 Å². The van der Waals surface area contributed by atoms with Crippen LogP contribution in [0.4, 0.5) is 13.2 Å². The summed E-state index contributed by atoms with van der Waals surface area (Å²) in [4.78, 5) is 12.1. The van der Waals surface area contributed by atoms with Gasteiger partial charge in [-0.15, -0.1) is 0 Å². The molecule has 2 rings (SSSR count). The summed E-state index contributed by atoms with van der Waals surface area (Å²) in [6.07, 6.45) is -5.14. The Balaban J connectivity index is 2.54. The summed E-state index contributed by atoms with van der Waals surface area (Å²) in [6.45, 7) is 1.35.